The molecule has 6 nitrogen and oxygen atoms in total. The van der Waals surface area contributed by atoms with Gasteiger partial charge in [0.05, 0.1) is 21.1 Å². The first-order valence-electron chi connectivity index (χ1n) is 8.67. The lowest BCUT2D eigenvalue weighted by atomic mass is 10.0. The maximum Gasteiger partial charge on any atom is 0.274 e. The van der Waals surface area contributed by atoms with Crippen LogP contribution in [0.2, 0.25) is 0 Å². The second-order valence-corrected chi connectivity index (χ2v) is 10.3. The standard InChI is InChI=1S/C17H21N3O3S2/c21-17(15-9-14(18-19-15)16-7-4-8-24-16)20-10-13(11-20)25(22,23)12-5-2-1-3-6-12/h4,7-9,12-13H,1-3,5-6,10-11H2,(H,18,19). The molecule has 1 aliphatic heterocycles. The molecule has 2 aromatic heterocycles. The summed E-state index contributed by atoms with van der Waals surface area (Å²) in [6.45, 7) is 0.581. The van der Waals surface area contributed by atoms with Crippen molar-refractivity contribution in [1.29, 1.82) is 0 Å². The fourth-order valence-electron chi connectivity index (χ4n) is 3.63. The van der Waals surface area contributed by atoms with Gasteiger partial charge in [0.15, 0.2) is 15.5 Å². The summed E-state index contributed by atoms with van der Waals surface area (Å²) >= 11 is 1.57. The fraction of sp³-hybridized carbons (Fsp3) is 0.529. The van der Waals surface area contributed by atoms with Crippen LogP contribution in [0.3, 0.4) is 0 Å². The number of carbonyl (C=O) groups excluding carboxylic acids is 1. The van der Waals surface area contributed by atoms with Crippen LogP contribution in [0.1, 0.15) is 42.6 Å². The second kappa shape index (κ2) is 6.57. The van der Waals surface area contributed by atoms with Gasteiger partial charge in [-0.1, -0.05) is 25.3 Å². The van der Waals surface area contributed by atoms with E-state index in [1.807, 2.05) is 17.5 Å². The normalized spacial score (nSPS) is 19.8. The Morgan fingerprint density at radius 3 is 2.64 bits per heavy atom. The first-order valence-corrected chi connectivity index (χ1v) is 11.2. The third-order valence-electron chi connectivity index (χ3n) is 5.20. The van der Waals surface area contributed by atoms with Gasteiger partial charge in [-0.15, -0.1) is 11.3 Å². The van der Waals surface area contributed by atoms with Gasteiger partial charge in [-0.25, -0.2) is 8.42 Å². The SMILES string of the molecule is O=C(c1cc(-c2cccs2)[nH]n1)N1CC(S(=O)(=O)C2CCCCC2)C1. The quantitative estimate of drug-likeness (QED) is 0.885. The molecule has 134 valence electrons. The lowest BCUT2D eigenvalue weighted by Gasteiger charge is -2.40. The van der Waals surface area contributed by atoms with Crippen LogP contribution in [-0.2, 0) is 9.84 Å². The maximum absolute atomic E-state index is 12.7. The van der Waals surface area contributed by atoms with Gasteiger partial charge in [0.25, 0.3) is 5.91 Å². The Labute approximate surface area is 151 Å². The van der Waals surface area contributed by atoms with Gasteiger partial charge in [-0.2, -0.15) is 5.10 Å². The summed E-state index contributed by atoms with van der Waals surface area (Å²) < 4.78 is 25.3. The van der Waals surface area contributed by atoms with Crippen LogP contribution in [0.4, 0.5) is 0 Å². The molecule has 0 aromatic carbocycles. The van der Waals surface area contributed by atoms with E-state index in [0.717, 1.165) is 42.7 Å². The number of H-pyrrole nitrogens is 1. The minimum Gasteiger partial charge on any atom is -0.335 e. The number of rotatable bonds is 4. The zero-order valence-electron chi connectivity index (χ0n) is 13.8. The zero-order valence-corrected chi connectivity index (χ0v) is 15.5. The number of nitrogens with one attached hydrogen (secondary N) is 1. The smallest absolute Gasteiger partial charge is 0.274 e. The van der Waals surface area contributed by atoms with E-state index < -0.39 is 15.1 Å². The summed E-state index contributed by atoms with van der Waals surface area (Å²) in [6, 6.07) is 5.64. The third kappa shape index (κ3) is 3.13. The largest absolute Gasteiger partial charge is 0.335 e. The number of thiophene rings is 1. The number of likely N-dealkylation sites (tertiary alicyclic amines) is 1. The molecule has 0 unspecified atom stereocenters. The highest BCUT2D eigenvalue weighted by atomic mass is 32.2. The lowest BCUT2D eigenvalue weighted by molar-refractivity contribution is 0.0652. The van der Waals surface area contributed by atoms with Gasteiger partial charge in [0, 0.05) is 13.1 Å². The molecule has 8 heteroatoms. The molecule has 0 bridgehead atoms. The molecule has 0 radical (unpaired) electrons. The number of sulfone groups is 1. The van der Waals surface area contributed by atoms with Crippen molar-refractivity contribution < 1.29 is 13.2 Å². The minimum absolute atomic E-state index is 0.200. The van der Waals surface area contributed by atoms with Crippen LogP contribution in [0.15, 0.2) is 23.6 Å². The summed E-state index contributed by atoms with van der Waals surface area (Å²) in [5.41, 5.74) is 1.15. The molecule has 1 saturated carbocycles. The van der Waals surface area contributed by atoms with E-state index in [9.17, 15) is 13.2 Å². The molecule has 1 aliphatic carbocycles. The van der Waals surface area contributed by atoms with Gasteiger partial charge < -0.3 is 4.90 Å². The summed E-state index contributed by atoms with van der Waals surface area (Å²) in [6.07, 6.45) is 4.68. The summed E-state index contributed by atoms with van der Waals surface area (Å²) in [4.78, 5) is 15.1. The topological polar surface area (TPSA) is 83.1 Å². The van der Waals surface area contributed by atoms with E-state index in [0.29, 0.717) is 18.8 Å². The predicted octanol–water partition coefficient (Wildman–Crippen LogP) is 2.71. The molecule has 1 amide bonds. The Kier molecular flexibility index (Phi) is 4.41. The van der Waals surface area contributed by atoms with Crippen molar-refractivity contribution in [1.82, 2.24) is 15.1 Å². The molecule has 0 atom stereocenters. The van der Waals surface area contributed by atoms with Crippen molar-refractivity contribution in [2.75, 3.05) is 13.1 Å². The number of hydrogen-bond donors (Lipinski definition) is 1. The van der Waals surface area contributed by atoms with Crippen molar-refractivity contribution in [2.24, 2.45) is 0 Å². The van der Waals surface area contributed by atoms with Gasteiger partial charge >= 0.3 is 0 Å². The number of aromatic amines is 1. The predicted molar refractivity (Wildman–Crippen MR) is 97.4 cm³/mol. The van der Waals surface area contributed by atoms with E-state index in [-0.39, 0.29) is 11.2 Å². The average Bonchev–Trinajstić information content (AvgIpc) is 3.25. The highest BCUT2D eigenvalue weighted by Crippen LogP contribution is 2.30. The maximum atomic E-state index is 12.7. The Morgan fingerprint density at radius 2 is 1.96 bits per heavy atom. The fourth-order valence-corrected chi connectivity index (χ4v) is 6.63. The molecule has 2 aromatic rings. The summed E-state index contributed by atoms with van der Waals surface area (Å²) in [7, 11) is -3.12. The van der Waals surface area contributed by atoms with Crippen LogP contribution in [-0.4, -0.2) is 53.0 Å². The molecule has 0 spiro atoms. The Hall–Kier alpha value is -1.67. The molecular weight excluding hydrogens is 358 g/mol. The molecule has 25 heavy (non-hydrogen) atoms. The third-order valence-corrected chi connectivity index (χ3v) is 8.73. The van der Waals surface area contributed by atoms with Crippen molar-refractivity contribution >= 4 is 27.1 Å². The van der Waals surface area contributed by atoms with Crippen molar-refractivity contribution in [3.63, 3.8) is 0 Å². The van der Waals surface area contributed by atoms with Crippen molar-refractivity contribution in [3.05, 3.63) is 29.3 Å². The zero-order chi connectivity index (χ0) is 17.4. The Morgan fingerprint density at radius 1 is 1.20 bits per heavy atom. The van der Waals surface area contributed by atoms with Crippen molar-refractivity contribution in [2.45, 2.75) is 42.6 Å². The highest BCUT2D eigenvalue weighted by molar-refractivity contribution is 7.92. The molecule has 2 aliphatic rings. The molecule has 1 saturated heterocycles. The van der Waals surface area contributed by atoms with Gasteiger partial charge in [-0.05, 0) is 30.4 Å². The van der Waals surface area contributed by atoms with Gasteiger partial charge in [0.1, 0.15) is 0 Å². The molecule has 2 fully saturated rings. The van der Waals surface area contributed by atoms with Crippen LogP contribution in [0, 0.1) is 0 Å². The monoisotopic (exact) mass is 379 g/mol. The van der Waals surface area contributed by atoms with E-state index >= 15 is 0 Å². The Balaban J connectivity index is 1.39. The summed E-state index contributed by atoms with van der Waals surface area (Å²) in [5.74, 6) is -0.200. The first kappa shape index (κ1) is 16.8. The van der Waals surface area contributed by atoms with E-state index in [1.54, 1.807) is 22.3 Å². The van der Waals surface area contributed by atoms with E-state index in [1.165, 1.54) is 0 Å². The first-order chi connectivity index (χ1) is 12.1. The molecule has 4 rings (SSSR count). The van der Waals surface area contributed by atoms with Crippen LogP contribution in [0.5, 0.6) is 0 Å². The number of hydrogen-bond acceptors (Lipinski definition) is 5. The summed E-state index contributed by atoms with van der Waals surface area (Å²) in [5, 5.41) is 8.32. The molecular formula is C17H21N3O3S2. The number of aromatic nitrogens is 2. The van der Waals surface area contributed by atoms with Gasteiger partial charge in [0.2, 0.25) is 0 Å². The van der Waals surface area contributed by atoms with Gasteiger partial charge in [-0.3, -0.25) is 9.89 Å². The number of carbonyl (C=O) groups is 1. The van der Waals surface area contributed by atoms with E-state index in [2.05, 4.69) is 10.2 Å². The number of amides is 1. The molecule has 3 heterocycles. The second-order valence-electron chi connectivity index (χ2n) is 6.83. The van der Waals surface area contributed by atoms with Crippen LogP contribution < -0.4 is 0 Å². The van der Waals surface area contributed by atoms with Crippen LogP contribution in [0.25, 0.3) is 10.6 Å². The Bertz CT molecular complexity index is 846. The molecule has 1 N–H and O–H groups in total. The van der Waals surface area contributed by atoms with Crippen LogP contribution >= 0.6 is 11.3 Å². The van der Waals surface area contributed by atoms with E-state index in [4.69, 9.17) is 0 Å². The number of nitrogens with zero attached hydrogens (tertiary/aromatic N) is 2. The minimum atomic E-state index is -3.12. The average molecular weight is 380 g/mol. The lowest BCUT2D eigenvalue weighted by Crippen LogP contribution is -2.58. The highest BCUT2D eigenvalue weighted by Gasteiger charge is 2.44. The van der Waals surface area contributed by atoms with Crippen molar-refractivity contribution in [3.8, 4) is 10.6 Å².